The molecule has 1 heteroatoms. The molecule has 0 saturated heterocycles. The first-order valence-corrected chi connectivity index (χ1v) is 4.48. The van der Waals surface area contributed by atoms with Crippen molar-refractivity contribution in [3.8, 4) is 0 Å². The van der Waals surface area contributed by atoms with E-state index in [9.17, 15) is 0 Å². The zero-order valence-corrected chi connectivity index (χ0v) is 8.04. The van der Waals surface area contributed by atoms with Crippen molar-refractivity contribution in [1.82, 2.24) is 5.32 Å². The summed E-state index contributed by atoms with van der Waals surface area (Å²) in [5.74, 6) is 0.636. The molecule has 0 spiro atoms. The van der Waals surface area contributed by atoms with E-state index in [4.69, 9.17) is 0 Å². The molecule has 0 heterocycles. The van der Waals surface area contributed by atoms with Crippen molar-refractivity contribution >= 4 is 0 Å². The van der Waals surface area contributed by atoms with Crippen LogP contribution in [-0.2, 0) is 0 Å². The largest absolute Gasteiger partial charge is 0.313 e. The summed E-state index contributed by atoms with van der Waals surface area (Å²) < 4.78 is 0. The van der Waals surface area contributed by atoms with Gasteiger partial charge in [-0.1, -0.05) is 44.2 Å². The Labute approximate surface area is 74.8 Å². The first-order chi connectivity index (χ1) is 5.75. The Morgan fingerprint density at radius 1 is 1.08 bits per heavy atom. The highest BCUT2D eigenvalue weighted by molar-refractivity contribution is 5.19. The molecule has 0 bridgehead atoms. The van der Waals surface area contributed by atoms with Crippen LogP contribution in [0.3, 0.4) is 0 Å². The molecule has 1 atom stereocenters. The van der Waals surface area contributed by atoms with Crippen LogP contribution in [0.5, 0.6) is 0 Å². The summed E-state index contributed by atoms with van der Waals surface area (Å²) in [4.78, 5) is 0. The lowest BCUT2D eigenvalue weighted by molar-refractivity contribution is 0.443. The van der Waals surface area contributed by atoms with E-state index in [0.717, 1.165) is 0 Å². The fourth-order valence-corrected chi connectivity index (χ4v) is 1.55. The Kier molecular flexibility index (Phi) is 3.30. The number of hydrogen-bond acceptors (Lipinski definition) is 1. The summed E-state index contributed by atoms with van der Waals surface area (Å²) in [6.07, 6.45) is 0. The minimum absolute atomic E-state index is 0.478. The normalized spacial score (nSPS) is 13.3. The zero-order chi connectivity index (χ0) is 8.97. The topological polar surface area (TPSA) is 12.0 Å². The average Bonchev–Trinajstić information content (AvgIpc) is 2.07. The maximum Gasteiger partial charge on any atom is 0.0340 e. The standard InChI is InChI=1S/C11H17N/c1-9(2)11(12-3)10-7-5-4-6-8-10/h4-9,11-12H,1-3H3. The van der Waals surface area contributed by atoms with Crippen molar-refractivity contribution in [3.05, 3.63) is 35.9 Å². The van der Waals surface area contributed by atoms with Crippen LogP contribution in [0.15, 0.2) is 30.3 Å². The smallest absolute Gasteiger partial charge is 0.0340 e. The molecular formula is C11H17N. The third-order valence-corrected chi connectivity index (χ3v) is 2.14. The highest BCUT2D eigenvalue weighted by atomic mass is 14.9. The van der Waals surface area contributed by atoms with Gasteiger partial charge in [0.05, 0.1) is 0 Å². The minimum Gasteiger partial charge on any atom is -0.313 e. The summed E-state index contributed by atoms with van der Waals surface area (Å²) in [5.41, 5.74) is 1.37. The summed E-state index contributed by atoms with van der Waals surface area (Å²) in [6.45, 7) is 4.46. The monoisotopic (exact) mass is 163 g/mol. The van der Waals surface area contributed by atoms with Crippen molar-refractivity contribution in [2.45, 2.75) is 19.9 Å². The van der Waals surface area contributed by atoms with Crippen LogP contribution in [0.25, 0.3) is 0 Å². The van der Waals surface area contributed by atoms with Crippen molar-refractivity contribution in [3.63, 3.8) is 0 Å². The van der Waals surface area contributed by atoms with E-state index < -0.39 is 0 Å². The second-order valence-electron chi connectivity index (χ2n) is 3.42. The van der Waals surface area contributed by atoms with Gasteiger partial charge in [0.25, 0.3) is 0 Å². The van der Waals surface area contributed by atoms with E-state index in [1.165, 1.54) is 5.56 Å². The van der Waals surface area contributed by atoms with Crippen LogP contribution < -0.4 is 5.32 Å². The Hall–Kier alpha value is -0.820. The SMILES string of the molecule is CNC(c1ccccc1)C(C)C. The Bertz CT molecular complexity index is 216. The number of hydrogen-bond donors (Lipinski definition) is 1. The number of benzene rings is 1. The minimum atomic E-state index is 0.478. The molecule has 1 unspecified atom stereocenters. The third kappa shape index (κ3) is 2.08. The van der Waals surface area contributed by atoms with Crippen LogP contribution >= 0.6 is 0 Å². The van der Waals surface area contributed by atoms with Crippen LogP contribution in [0.2, 0.25) is 0 Å². The first-order valence-electron chi connectivity index (χ1n) is 4.48. The molecule has 1 N–H and O–H groups in total. The van der Waals surface area contributed by atoms with E-state index in [2.05, 4.69) is 49.5 Å². The van der Waals surface area contributed by atoms with Crippen LogP contribution in [0.1, 0.15) is 25.5 Å². The number of rotatable bonds is 3. The predicted octanol–water partition coefficient (Wildman–Crippen LogP) is 2.60. The number of nitrogens with one attached hydrogen (secondary N) is 1. The van der Waals surface area contributed by atoms with Gasteiger partial charge in [-0.2, -0.15) is 0 Å². The van der Waals surface area contributed by atoms with E-state index in [1.54, 1.807) is 0 Å². The Balaban J connectivity index is 2.80. The van der Waals surface area contributed by atoms with Crippen LogP contribution in [-0.4, -0.2) is 7.05 Å². The van der Waals surface area contributed by atoms with Crippen molar-refractivity contribution in [2.75, 3.05) is 7.05 Å². The lowest BCUT2D eigenvalue weighted by atomic mass is 9.96. The second-order valence-corrected chi connectivity index (χ2v) is 3.42. The summed E-state index contributed by atoms with van der Waals surface area (Å²) in [5, 5.41) is 3.32. The first kappa shape index (κ1) is 9.27. The van der Waals surface area contributed by atoms with Gasteiger partial charge in [-0.25, -0.2) is 0 Å². The molecule has 0 aliphatic rings. The van der Waals surface area contributed by atoms with Gasteiger partial charge >= 0.3 is 0 Å². The summed E-state index contributed by atoms with van der Waals surface area (Å²) in [7, 11) is 2.01. The summed E-state index contributed by atoms with van der Waals surface area (Å²) in [6, 6.07) is 11.0. The highest BCUT2D eigenvalue weighted by Gasteiger charge is 2.11. The van der Waals surface area contributed by atoms with Crippen molar-refractivity contribution in [1.29, 1.82) is 0 Å². The highest BCUT2D eigenvalue weighted by Crippen LogP contribution is 2.19. The maximum atomic E-state index is 3.32. The zero-order valence-electron chi connectivity index (χ0n) is 8.04. The van der Waals surface area contributed by atoms with Gasteiger partial charge in [-0.3, -0.25) is 0 Å². The van der Waals surface area contributed by atoms with Gasteiger partial charge in [-0.05, 0) is 18.5 Å². The van der Waals surface area contributed by atoms with Gasteiger partial charge in [-0.15, -0.1) is 0 Å². The molecule has 66 valence electrons. The fraction of sp³-hybridized carbons (Fsp3) is 0.455. The summed E-state index contributed by atoms with van der Waals surface area (Å²) >= 11 is 0. The molecule has 1 rings (SSSR count). The molecule has 1 nitrogen and oxygen atoms in total. The van der Waals surface area contributed by atoms with E-state index in [0.29, 0.717) is 12.0 Å². The van der Waals surface area contributed by atoms with Crippen molar-refractivity contribution in [2.24, 2.45) is 5.92 Å². The molecule has 0 aromatic heterocycles. The van der Waals surface area contributed by atoms with E-state index in [-0.39, 0.29) is 0 Å². The molecule has 12 heavy (non-hydrogen) atoms. The van der Waals surface area contributed by atoms with Crippen LogP contribution in [0, 0.1) is 5.92 Å². The molecule has 0 saturated carbocycles. The molecule has 0 aliphatic heterocycles. The molecule has 1 aromatic rings. The molecule has 0 amide bonds. The maximum absolute atomic E-state index is 3.32. The van der Waals surface area contributed by atoms with E-state index >= 15 is 0 Å². The molecule has 1 aromatic carbocycles. The second kappa shape index (κ2) is 4.27. The van der Waals surface area contributed by atoms with E-state index in [1.807, 2.05) is 7.05 Å². The lowest BCUT2D eigenvalue weighted by Gasteiger charge is -2.20. The Morgan fingerprint density at radius 2 is 1.67 bits per heavy atom. The van der Waals surface area contributed by atoms with Crippen LogP contribution in [0.4, 0.5) is 0 Å². The van der Waals surface area contributed by atoms with Crippen molar-refractivity contribution < 1.29 is 0 Å². The third-order valence-electron chi connectivity index (χ3n) is 2.14. The quantitative estimate of drug-likeness (QED) is 0.722. The van der Waals surface area contributed by atoms with Gasteiger partial charge in [0, 0.05) is 6.04 Å². The van der Waals surface area contributed by atoms with Gasteiger partial charge in [0.1, 0.15) is 0 Å². The lowest BCUT2D eigenvalue weighted by Crippen LogP contribution is -2.21. The molecule has 0 aliphatic carbocycles. The molecular weight excluding hydrogens is 146 g/mol. The average molecular weight is 163 g/mol. The molecule has 0 radical (unpaired) electrons. The Morgan fingerprint density at radius 3 is 2.08 bits per heavy atom. The molecule has 0 fully saturated rings. The fourth-order valence-electron chi connectivity index (χ4n) is 1.55. The van der Waals surface area contributed by atoms with Gasteiger partial charge < -0.3 is 5.32 Å². The predicted molar refractivity (Wildman–Crippen MR) is 53.1 cm³/mol. The van der Waals surface area contributed by atoms with Gasteiger partial charge in [0.2, 0.25) is 0 Å². The van der Waals surface area contributed by atoms with Gasteiger partial charge in [0.15, 0.2) is 0 Å².